The summed E-state index contributed by atoms with van der Waals surface area (Å²) in [5, 5.41) is 3.83. The van der Waals surface area contributed by atoms with Crippen LogP contribution in [0.3, 0.4) is 0 Å². The summed E-state index contributed by atoms with van der Waals surface area (Å²) >= 11 is 0. The van der Waals surface area contributed by atoms with Crippen molar-refractivity contribution in [2.75, 3.05) is 13.1 Å². The van der Waals surface area contributed by atoms with Gasteiger partial charge < -0.3 is 18.6 Å². The van der Waals surface area contributed by atoms with Crippen LogP contribution in [0.4, 0.5) is 0 Å². The third kappa shape index (κ3) is 3.34. The summed E-state index contributed by atoms with van der Waals surface area (Å²) < 4.78 is 15.8. The van der Waals surface area contributed by atoms with Gasteiger partial charge in [0.2, 0.25) is 0 Å². The van der Waals surface area contributed by atoms with Crippen LogP contribution in [0.25, 0.3) is 0 Å². The van der Waals surface area contributed by atoms with Crippen molar-refractivity contribution in [3.8, 4) is 5.75 Å². The molecule has 1 amide bonds. The number of rotatable bonds is 3. The van der Waals surface area contributed by atoms with Crippen LogP contribution in [-0.2, 0) is 0 Å². The molecule has 0 aliphatic carbocycles. The van der Waals surface area contributed by atoms with Crippen LogP contribution >= 0.6 is 0 Å². The predicted octanol–water partition coefficient (Wildman–Crippen LogP) is 2.24. The highest BCUT2D eigenvalue weighted by molar-refractivity contribution is 5.96. The van der Waals surface area contributed by atoms with E-state index in [1.807, 2.05) is 0 Å². The Morgan fingerprint density at radius 2 is 1.96 bits per heavy atom. The first-order valence-electron chi connectivity index (χ1n) is 7.94. The molecule has 3 heterocycles. The SMILES string of the molecule is Cc1cc(OC2CCN(C(=O)c3c(C)noc3C)CC2)cc(=O)o1. The molecule has 0 radical (unpaired) electrons. The Hall–Kier alpha value is -2.57. The van der Waals surface area contributed by atoms with Crippen LogP contribution in [-0.4, -0.2) is 35.2 Å². The minimum atomic E-state index is -0.420. The molecule has 7 heteroatoms. The fraction of sp³-hybridized carbons (Fsp3) is 0.471. The van der Waals surface area contributed by atoms with E-state index in [0.717, 1.165) is 0 Å². The molecule has 0 N–H and O–H groups in total. The van der Waals surface area contributed by atoms with E-state index in [0.29, 0.717) is 54.5 Å². The van der Waals surface area contributed by atoms with E-state index in [4.69, 9.17) is 13.7 Å². The maximum absolute atomic E-state index is 12.6. The first-order valence-corrected chi connectivity index (χ1v) is 7.94. The molecule has 7 nitrogen and oxygen atoms in total. The molecule has 1 fully saturated rings. The summed E-state index contributed by atoms with van der Waals surface area (Å²) in [6, 6.07) is 3.04. The van der Waals surface area contributed by atoms with Gasteiger partial charge in [-0.05, 0) is 20.8 Å². The van der Waals surface area contributed by atoms with Crippen molar-refractivity contribution in [2.45, 2.75) is 39.7 Å². The zero-order valence-corrected chi connectivity index (χ0v) is 14.0. The minimum absolute atomic E-state index is 0.0279. The average molecular weight is 332 g/mol. The van der Waals surface area contributed by atoms with Crippen molar-refractivity contribution >= 4 is 5.91 Å². The molecule has 0 unspecified atom stereocenters. The standard InChI is InChI=1S/C17H20N2O5/c1-10-8-14(9-15(20)22-10)23-13-4-6-19(7-5-13)17(21)16-11(2)18-24-12(16)3/h8-9,13H,4-7H2,1-3H3. The van der Waals surface area contributed by atoms with Crippen LogP contribution in [0.1, 0.15) is 40.4 Å². The molecule has 3 rings (SSSR count). The lowest BCUT2D eigenvalue weighted by Crippen LogP contribution is -2.42. The molecule has 2 aromatic rings. The van der Waals surface area contributed by atoms with Crippen molar-refractivity contribution < 1.29 is 18.5 Å². The maximum Gasteiger partial charge on any atom is 0.339 e. The number of hydrogen-bond donors (Lipinski definition) is 0. The summed E-state index contributed by atoms with van der Waals surface area (Å²) in [6.07, 6.45) is 1.38. The van der Waals surface area contributed by atoms with Crippen LogP contribution in [0.5, 0.6) is 5.75 Å². The van der Waals surface area contributed by atoms with Crippen molar-refractivity contribution in [3.05, 3.63) is 45.3 Å². The van der Waals surface area contributed by atoms with Crippen molar-refractivity contribution in [2.24, 2.45) is 0 Å². The van der Waals surface area contributed by atoms with Gasteiger partial charge in [0, 0.05) is 32.0 Å². The zero-order valence-electron chi connectivity index (χ0n) is 14.0. The molecule has 24 heavy (non-hydrogen) atoms. The van der Waals surface area contributed by atoms with E-state index < -0.39 is 5.63 Å². The number of aromatic nitrogens is 1. The second kappa shape index (κ2) is 6.51. The minimum Gasteiger partial charge on any atom is -0.490 e. The highest BCUT2D eigenvalue weighted by Gasteiger charge is 2.28. The number of ether oxygens (including phenoxy) is 1. The highest BCUT2D eigenvalue weighted by atomic mass is 16.5. The van der Waals surface area contributed by atoms with Gasteiger partial charge in [0.25, 0.3) is 5.91 Å². The lowest BCUT2D eigenvalue weighted by Gasteiger charge is -2.32. The Morgan fingerprint density at radius 3 is 2.54 bits per heavy atom. The second-order valence-electron chi connectivity index (χ2n) is 6.03. The van der Waals surface area contributed by atoms with Crippen molar-refractivity contribution in [3.63, 3.8) is 0 Å². The van der Waals surface area contributed by atoms with Gasteiger partial charge >= 0.3 is 5.63 Å². The van der Waals surface area contributed by atoms with E-state index >= 15 is 0 Å². The normalized spacial score (nSPS) is 15.5. The lowest BCUT2D eigenvalue weighted by atomic mass is 10.1. The number of nitrogens with zero attached hydrogens (tertiary/aromatic N) is 2. The quantitative estimate of drug-likeness (QED) is 0.857. The molecular formula is C17H20N2O5. The molecule has 0 spiro atoms. The van der Waals surface area contributed by atoms with E-state index in [-0.39, 0.29) is 12.0 Å². The third-order valence-corrected chi connectivity index (χ3v) is 4.15. The first kappa shape index (κ1) is 16.3. The summed E-state index contributed by atoms with van der Waals surface area (Å²) in [5.74, 6) is 1.52. The summed E-state index contributed by atoms with van der Waals surface area (Å²) in [4.78, 5) is 25.8. The van der Waals surface area contributed by atoms with Gasteiger partial charge in [-0.15, -0.1) is 0 Å². The number of hydrogen-bond acceptors (Lipinski definition) is 6. The Morgan fingerprint density at radius 1 is 1.25 bits per heavy atom. The number of likely N-dealkylation sites (tertiary alicyclic amines) is 1. The van der Waals surface area contributed by atoms with Gasteiger partial charge in [-0.1, -0.05) is 5.16 Å². The molecule has 128 valence electrons. The van der Waals surface area contributed by atoms with Gasteiger partial charge in [0.1, 0.15) is 28.9 Å². The number of piperidine rings is 1. The Labute approximate surface area is 139 Å². The predicted molar refractivity (Wildman–Crippen MR) is 85.2 cm³/mol. The van der Waals surface area contributed by atoms with Crippen molar-refractivity contribution in [1.82, 2.24) is 10.1 Å². The number of carbonyl (C=O) groups excluding carboxylic acids is 1. The third-order valence-electron chi connectivity index (χ3n) is 4.15. The molecule has 2 aromatic heterocycles. The number of amides is 1. The molecule has 0 bridgehead atoms. The van der Waals surface area contributed by atoms with E-state index in [1.165, 1.54) is 6.07 Å². The largest absolute Gasteiger partial charge is 0.490 e. The smallest absolute Gasteiger partial charge is 0.339 e. The molecule has 1 saturated heterocycles. The Bertz CT molecular complexity index is 780. The Balaban J connectivity index is 1.61. The fourth-order valence-corrected chi connectivity index (χ4v) is 2.96. The molecular weight excluding hydrogens is 312 g/mol. The van der Waals surface area contributed by atoms with Gasteiger partial charge in [-0.25, -0.2) is 4.79 Å². The maximum atomic E-state index is 12.6. The van der Waals surface area contributed by atoms with E-state index in [2.05, 4.69) is 5.16 Å². The molecule has 1 aliphatic rings. The van der Waals surface area contributed by atoms with Crippen LogP contribution in [0.2, 0.25) is 0 Å². The van der Waals surface area contributed by atoms with Crippen LogP contribution in [0.15, 0.2) is 25.9 Å². The number of carbonyl (C=O) groups is 1. The van der Waals surface area contributed by atoms with Crippen molar-refractivity contribution in [1.29, 1.82) is 0 Å². The fourth-order valence-electron chi connectivity index (χ4n) is 2.96. The molecule has 1 aliphatic heterocycles. The highest BCUT2D eigenvalue weighted by Crippen LogP contribution is 2.22. The second-order valence-corrected chi connectivity index (χ2v) is 6.03. The van der Waals surface area contributed by atoms with Crippen LogP contribution in [0, 0.1) is 20.8 Å². The first-order chi connectivity index (χ1) is 11.4. The van der Waals surface area contributed by atoms with Gasteiger partial charge in [0.15, 0.2) is 0 Å². The van der Waals surface area contributed by atoms with E-state index in [1.54, 1.807) is 31.7 Å². The average Bonchev–Trinajstić information content (AvgIpc) is 2.85. The monoisotopic (exact) mass is 332 g/mol. The molecule has 0 saturated carbocycles. The Kier molecular flexibility index (Phi) is 4.42. The van der Waals surface area contributed by atoms with Gasteiger partial charge in [0.05, 0.1) is 11.8 Å². The summed E-state index contributed by atoms with van der Waals surface area (Å²) in [6.45, 7) is 6.40. The van der Waals surface area contributed by atoms with Gasteiger partial charge in [-0.2, -0.15) is 0 Å². The summed E-state index contributed by atoms with van der Waals surface area (Å²) in [7, 11) is 0. The molecule has 0 atom stereocenters. The van der Waals surface area contributed by atoms with Gasteiger partial charge in [-0.3, -0.25) is 4.79 Å². The zero-order chi connectivity index (χ0) is 17.3. The lowest BCUT2D eigenvalue weighted by molar-refractivity contribution is 0.0592. The summed E-state index contributed by atoms with van der Waals surface area (Å²) in [5.41, 5.74) is 0.740. The topological polar surface area (TPSA) is 85.8 Å². The van der Waals surface area contributed by atoms with E-state index in [9.17, 15) is 9.59 Å². The number of aryl methyl sites for hydroxylation is 3. The molecule has 0 aromatic carbocycles. The van der Waals surface area contributed by atoms with Crippen LogP contribution < -0.4 is 10.4 Å².